The highest BCUT2D eigenvalue weighted by atomic mass is 31.0. The molecule has 0 saturated heterocycles. The number of carbonyl (C=O) groups excluding carboxylic acids is 3. The van der Waals surface area contributed by atoms with Gasteiger partial charge >= 0.3 is 17.9 Å². The highest BCUT2D eigenvalue weighted by molar-refractivity contribution is 7.19. The van der Waals surface area contributed by atoms with E-state index in [1.807, 2.05) is 36.4 Å². The first-order valence-corrected chi connectivity index (χ1v) is 10.3. The molecule has 7 heteroatoms. The molecule has 0 aromatic heterocycles. The molecule has 0 bridgehead atoms. The lowest BCUT2D eigenvalue weighted by atomic mass is 9.83. The van der Waals surface area contributed by atoms with Crippen molar-refractivity contribution in [1.29, 1.82) is 0 Å². The molecule has 164 valence electrons. The molecule has 0 spiro atoms. The van der Waals surface area contributed by atoms with Gasteiger partial charge in [-0.05, 0) is 53.1 Å². The Bertz CT molecular complexity index is 974. The van der Waals surface area contributed by atoms with Gasteiger partial charge in [0.05, 0.1) is 43.2 Å². The molecule has 3 aromatic carbocycles. The van der Waals surface area contributed by atoms with Crippen LogP contribution < -0.4 is 0 Å². The minimum Gasteiger partial charge on any atom is -0.465 e. The number of hydrogen-bond donors (Lipinski definition) is 0. The lowest BCUT2D eigenvalue weighted by Gasteiger charge is -2.32. The third kappa shape index (κ3) is 4.41. The van der Waals surface area contributed by atoms with Gasteiger partial charge in [0.2, 0.25) is 0 Å². The van der Waals surface area contributed by atoms with Crippen LogP contribution in [0.2, 0.25) is 0 Å². The largest absolute Gasteiger partial charge is 0.465 e. The van der Waals surface area contributed by atoms with Gasteiger partial charge in [0.25, 0.3) is 0 Å². The van der Waals surface area contributed by atoms with E-state index in [0.29, 0.717) is 16.7 Å². The van der Waals surface area contributed by atoms with Crippen LogP contribution >= 0.6 is 9.24 Å². The molecule has 0 amide bonds. The first-order chi connectivity index (χ1) is 15.3. The second-order valence-corrected chi connectivity index (χ2v) is 7.88. The average molecular weight is 450 g/mol. The minimum atomic E-state index is -0.724. The maximum Gasteiger partial charge on any atom is 0.337 e. The molecular weight excluding hydrogens is 427 g/mol. The fourth-order valence-corrected chi connectivity index (χ4v) is 4.04. The van der Waals surface area contributed by atoms with Crippen molar-refractivity contribution in [2.24, 2.45) is 0 Å². The summed E-state index contributed by atoms with van der Waals surface area (Å²) >= 11 is 0. The Morgan fingerprint density at radius 3 is 0.938 bits per heavy atom. The van der Waals surface area contributed by atoms with Gasteiger partial charge in [-0.15, -0.1) is 9.24 Å². The van der Waals surface area contributed by atoms with Gasteiger partial charge in [0.15, 0.2) is 0 Å². The molecule has 0 aliphatic rings. The molecular formula is C25H23O6P. The zero-order chi connectivity index (χ0) is 23.3. The summed E-state index contributed by atoms with van der Waals surface area (Å²) in [6.07, 6.45) is 0. The van der Waals surface area contributed by atoms with Crippen molar-refractivity contribution in [3.63, 3.8) is 0 Å². The van der Waals surface area contributed by atoms with Crippen molar-refractivity contribution in [3.8, 4) is 0 Å². The van der Waals surface area contributed by atoms with E-state index in [4.69, 9.17) is 14.2 Å². The van der Waals surface area contributed by atoms with Gasteiger partial charge in [-0.25, -0.2) is 14.4 Å². The molecule has 0 radical (unpaired) electrons. The number of hydrogen-bond acceptors (Lipinski definition) is 6. The average Bonchev–Trinajstić information content (AvgIpc) is 2.87. The maximum absolute atomic E-state index is 11.9. The smallest absolute Gasteiger partial charge is 0.337 e. The van der Waals surface area contributed by atoms with E-state index in [9.17, 15) is 14.4 Å². The van der Waals surface area contributed by atoms with Crippen LogP contribution in [0.1, 0.15) is 47.8 Å². The van der Waals surface area contributed by atoms with Gasteiger partial charge < -0.3 is 14.2 Å². The second-order valence-electron chi connectivity index (χ2n) is 7.01. The molecule has 0 aliphatic heterocycles. The second kappa shape index (κ2) is 9.75. The number of methoxy groups -OCH3 is 3. The summed E-state index contributed by atoms with van der Waals surface area (Å²) in [5.41, 5.74) is 3.95. The molecule has 0 aliphatic carbocycles. The Labute approximate surface area is 188 Å². The summed E-state index contributed by atoms with van der Waals surface area (Å²) in [7, 11) is 6.87. The quantitative estimate of drug-likeness (QED) is 0.242. The molecule has 3 rings (SSSR count). The van der Waals surface area contributed by atoms with E-state index in [2.05, 4.69) is 9.24 Å². The van der Waals surface area contributed by atoms with Gasteiger partial charge in [-0.3, -0.25) is 0 Å². The van der Waals surface area contributed by atoms with E-state index in [1.165, 1.54) is 21.3 Å². The van der Waals surface area contributed by atoms with Crippen LogP contribution in [0.5, 0.6) is 0 Å². The fraction of sp³-hybridized carbons (Fsp3) is 0.160. The SMILES string of the molecule is COC(=O)c1ccc(C(P)(c2ccc(C(=O)OC)cc2)c2ccc(C(=O)OC)cc2)cc1. The van der Waals surface area contributed by atoms with Crippen molar-refractivity contribution in [2.45, 2.75) is 5.16 Å². The summed E-state index contributed by atoms with van der Waals surface area (Å²) in [5.74, 6) is -1.26. The molecule has 6 nitrogen and oxygen atoms in total. The Morgan fingerprint density at radius 1 is 0.531 bits per heavy atom. The van der Waals surface area contributed by atoms with Crippen LogP contribution in [0.25, 0.3) is 0 Å². The fourth-order valence-electron chi connectivity index (χ4n) is 3.46. The van der Waals surface area contributed by atoms with Crippen molar-refractivity contribution in [2.75, 3.05) is 21.3 Å². The summed E-state index contributed by atoms with van der Waals surface area (Å²) in [6.45, 7) is 0. The van der Waals surface area contributed by atoms with Crippen LogP contribution in [0.15, 0.2) is 72.8 Å². The van der Waals surface area contributed by atoms with Crippen LogP contribution in [0, 0.1) is 0 Å². The topological polar surface area (TPSA) is 78.9 Å². The third-order valence-electron chi connectivity index (χ3n) is 5.28. The Hall–Kier alpha value is -3.50. The van der Waals surface area contributed by atoms with Crippen LogP contribution in [-0.4, -0.2) is 39.2 Å². The summed E-state index contributed by atoms with van der Waals surface area (Å²) in [5, 5.41) is -0.724. The van der Waals surface area contributed by atoms with Crippen LogP contribution in [0.3, 0.4) is 0 Å². The van der Waals surface area contributed by atoms with E-state index in [-0.39, 0.29) is 0 Å². The normalized spacial score (nSPS) is 10.9. The van der Waals surface area contributed by atoms with E-state index in [0.717, 1.165) is 16.7 Å². The lowest BCUT2D eigenvalue weighted by Crippen LogP contribution is -2.22. The highest BCUT2D eigenvalue weighted by Gasteiger charge is 2.32. The number of ether oxygens (including phenoxy) is 3. The zero-order valence-electron chi connectivity index (χ0n) is 18.0. The van der Waals surface area contributed by atoms with E-state index >= 15 is 0 Å². The van der Waals surface area contributed by atoms with Crippen LogP contribution in [0.4, 0.5) is 0 Å². The van der Waals surface area contributed by atoms with Crippen LogP contribution in [-0.2, 0) is 19.4 Å². The molecule has 3 aromatic rings. The molecule has 0 fully saturated rings. The van der Waals surface area contributed by atoms with Gasteiger partial charge in [-0.2, -0.15) is 0 Å². The van der Waals surface area contributed by atoms with Crippen molar-refractivity contribution >= 4 is 27.1 Å². The summed E-state index contributed by atoms with van der Waals surface area (Å²) < 4.78 is 14.4. The predicted octanol–water partition coefficient (Wildman–Crippen LogP) is 4.21. The maximum atomic E-state index is 11.9. The monoisotopic (exact) mass is 450 g/mol. The summed E-state index contributed by atoms with van der Waals surface area (Å²) in [6, 6.07) is 21.3. The Morgan fingerprint density at radius 2 is 0.750 bits per heavy atom. The van der Waals surface area contributed by atoms with Gasteiger partial charge in [0, 0.05) is 0 Å². The number of esters is 3. The first kappa shape index (κ1) is 23.2. The summed E-state index contributed by atoms with van der Waals surface area (Å²) in [4.78, 5) is 35.6. The molecule has 0 saturated carbocycles. The van der Waals surface area contributed by atoms with Crippen molar-refractivity contribution in [3.05, 3.63) is 106 Å². The number of carbonyl (C=O) groups is 3. The van der Waals surface area contributed by atoms with Gasteiger partial charge in [0.1, 0.15) is 0 Å². The minimum absolute atomic E-state index is 0.421. The first-order valence-electron chi connectivity index (χ1n) is 9.70. The molecule has 0 heterocycles. The van der Waals surface area contributed by atoms with Crippen molar-refractivity contribution < 1.29 is 28.6 Å². The lowest BCUT2D eigenvalue weighted by molar-refractivity contribution is 0.0592. The Kier molecular flexibility index (Phi) is 7.06. The van der Waals surface area contributed by atoms with Crippen molar-refractivity contribution in [1.82, 2.24) is 0 Å². The van der Waals surface area contributed by atoms with E-state index < -0.39 is 23.1 Å². The molecule has 0 N–H and O–H groups in total. The van der Waals surface area contributed by atoms with Gasteiger partial charge in [-0.1, -0.05) is 36.4 Å². The number of rotatable bonds is 6. The van der Waals surface area contributed by atoms with E-state index in [1.54, 1.807) is 36.4 Å². The number of benzene rings is 3. The molecule has 32 heavy (non-hydrogen) atoms. The highest BCUT2D eigenvalue weighted by Crippen LogP contribution is 2.45. The third-order valence-corrected chi connectivity index (χ3v) is 6.28. The Balaban J connectivity index is 2.13. The predicted molar refractivity (Wildman–Crippen MR) is 123 cm³/mol. The molecule has 1 atom stereocenters. The standard InChI is InChI=1S/C25H23O6P/c1-29-22(26)16-4-10-19(11-5-16)25(32,20-12-6-17(7-13-20)23(27)30-2)21-14-8-18(9-15-21)24(28)31-3/h4-15H,32H2,1-3H3. The zero-order valence-corrected chi connectivity index (χ0v) is 19.1. The molecule has 1 unspecified atom stereocenters.